The van der Waals surface area contributed by atoms with E-state index in [2.05, 4.69) is 10.0 Å². The summed E-state index contributed by atoms with van der Waals surface area (Å²) in [5.41, 5.74) is 2.95. The molecule has 10 nitrogen and oxygen atoms in total. The highest BCUT2D eigenvalue weighted by Crippen LogP contribution is 2.23. The molecule has 11 heteroatoms. The van der Waals surface area contributed by atoms with Gasteiger partial charge < -0.3 is 20.3 Å². The minimum Gasteiger partial charge on any atom is -0.481 e. The molecule has 1 atom stereocenters. The van der Waals surface area contributed by atoms with Gasteiger partial charge in [0.05, 0.1) is 4.90 Å². The van der Waals surface area contributed by atoms with Crippen molar-refractivity contribution < 1.29 is 37.8 Å². The number of carboxylic acids is 2. The van der Waals surface area contributed by atoms with Crippen molar-refractivity contribution in [1.82, 2.24) is 10.0 Å². The molecule has 0 aliphatic rings. The summed E-state index contributed by atoms with van der Waals surface area (Å²) in [6.07, 6.45) is 2.14. The van der Waals surface area contributed by atoms with E-state index >= 15 is 0 Å². The lowest BCUT2D eigenvalue weighted by molar-refractivity contribution is -0.139. The first-order valence-corrected chi connectivity index (χ1v) is 15.8. The Labute approximate surface area is 261 Å². The Balaban J connectivity index is 1.51. The van der Waals surface area contributed by atoms with Crippen LogP contribution in [0, 0.1) is 0 Å². The summed E-state index contributed by atoms with van der Waals surface area (Å²) < 4.78 is 34.4. The van der Waals surface area contributed by atoms with Crippen LogP contribution in [0.2, 0.25) is 0 Å². The summed E-state index contributed by atoms with van der Waals surface area (Å²) in [6.45, 7) is -0.421. The van der Waals surface area contributed by atoms with Crippen LogP contribution in [0.25, 0.3) is 11.1 Å². The maximum atomic E-state index is 13.4. The Morgan fingerprint density at radius 3 is 2.04 bits per heavy atom. The monoisotopic (exact) mass is 630 g/mol. The average molecular weight is 631 g/mol. The van der Waals surface area contributed by atoms with Gasteiger partial charge in [0, 0.05) is 6.54 Å². The Morgan fingerprint density at radius 2 is 1.40 bits per heavy atom. The van der Waals surface area contributed by atoms with Gasteiger partial charge >= 0.3 is 11.9 Å². The highest BCUT2D eigenvalue weighted by molar-refractivity contribution is 7.89. The average Bonchev–Trinajstić information content (AvgIpc) is 3.04. The minimum atomic E-state index is -4.16. The number of hydrogen-bond donors (Lipinski definition) is 4. The molecule has 0 aliphatic heterocycles. The molecule has 0 aliphatic carbocycles. The number of nitrogens with one attached hydrogen (secondary N) is 2. The number of rotatable bonds is 16. The Bertz CT molecular complexity index is 1710. The molecule has 4 N–H and O–H groups in total. The second-order valence-corrected chi connectivity index (χ2v) is 12.0. The number of amides is 1. The summed E-state index contributed by atoms with van der Waals surface area (Å²) in [7, 11) is -4.16. The minimum absolute atomic E-state index is 0.0357. The third-order valence-electron chi connectivity index (χ3n) is 6.99. The molecule has 0 unspecified atom stereocenters. The van der Waals surface area contributed by atoms with Crippen molar-refractivity contribution in [2.75, 3.05) is 13.2 Å². The van der Waals surface area contributed by atoms with Gasteiger partial charge in [-0.05, 0) is 72.2 Å². The van der Waals surface area contributed by atoms with E-state index in [1.165, 1.54) is 35.9 Å². The smallest absolute Gasteiger partial charge is 0.341 e. The quantitative estimate of drug-likeness (QED) is 0.131. The molecule has 4 aromatic carbocycles. The van der Waals surface area contributed by atoms with E-state index in [1.54, 1.807) is 12.1 Å². The van der Waals surface area contributed by atoms with Crippen LogP contribution in [-0.2, 0) is 32.5 Å². The zero-order valence-electron chi connectivity index (χ0n) is 24.4. The van der Waals surface area contributed by atoms with Crippen LogP contribution in [0.1, 0.15) is 34.3 Å². The third kappa shape index (κ3) is 9.75. The fourth-order valence-electron chi connectivity index (χ4n) is 4.71. The highest BCUT2D eigenvalue weighted by atomic mass is 32.2. The number of unbranched alkanes of at least 4 members (excludes halogenated alkanes) is 1. The van der Waals surface area contributed by atoms with Gasteiger partial charge in [-0.25, -0.2) is 18.0 Å². The molecule has 4 rings (SSSR count). The number of hydrogen-bond acceptors (Lipinski definition) is 6. The molecular formula is C34H34N2O8S. The number of aromatic carboxylic acids is 1. The van der Waals surface area contributed by atoms with Crippen molar-refractivity contribution >= 4 is 27.9 Å². The van der Waals surface area contributed by atoms with Crippen molar-refractivity contribution in [3.8, 4) is 16.9 Å². The maximum absolute atomic E-state index is 13.4. The fourth-order valence-corrected chi connectivity index (χ4v) is 5.90. The molecule has 0 fully saturated rings. The second kappa shape index (κ2) is 15.6. The van der Waals surface area contributed by atoms with Crippen molar-refractivity contribution in [3.05, 3.63) is 120 Å². The number of carbonyl (C=O) groups is 3. The van der Waals surface area contributed by atoms with Crippen LogP contribution in [0.3, 0.4) is 0 Å². The van der Waals surface area contributed by atoms with E-state index in [0.717, 1.165) is 24.0 Å². The lowest BCUT2D eigenvalue weighted by atomic mass is 10.0. The molecule has 0 heterocycles. The summed E-state index contributed by atoms with van der Waals surface area (Å²) in [5, 5.41) is 21.4. The molecule has 0 bridgehead atoms. The SMILES string of the molecule is O=C(O)COc1ccc(C[C@H](NS(=O)(=O)c2ccc(-c3ccccc3)cc2)C(=O)NCCCCc2ccccc2)cc1C(=O)O. The highest BCUT2D eigenvalue weighted by Gasteiger charge is 2.27. The number of sulfonamides is 1. The van der Waals surface area contributed by atoms with Crippen molar-refractivity contribution in [2.24, 2.45) is 0 Å². The van der Waals surface area contributed by atoms with E-state index in [4.69, 9.17) is 9.84 Å². The van der Waals surface area contributed by atoms with Gasteiger partial charge in [-0.2, -0.15) is 4.72 Å². The van der Waals surface area contributed by atoms with Crippen molar-refractivity contribution in [1.29, 1.82) is 0 Å². The van der Waals surface area contributed by atoms with Crippen LogP contribution in [-0.4, -0.2) is 55.7 Å². The zero-order chi connectivity index (χ0) is 32.2. The second-order valence-electron chi connectivity index (χ2n) is 10.3. The van der Waals surface area contributed by atoms with Gasteiger partial charge in [0.15, 0.2) is 6.61 Å². The number of carbonyl (C=O) groups excluding carboxylic acids is 1. The van der Waals surface area contributed by atoms with Crippen LogP contribution < -0.4 is 14.8 Å². The van der Waals surface area contributed by atoms with Gasteiger partial charge in [0.25, 0.3) is 0 Å². The third-order valence-corrected chi connectivity index (χ3v) is 8.47. The van der Waals surface area contributed by atoms with Crippen LogP contribution in [0.5, 0.6) is 5.75 Å². The van der Waals surface area contributed by atoms with E-state index in [9.17, 15) is 27.9 Å². The molecule has 0 aromatic heterocycles. The summed E-state index contributed by atoms with van der Waals surface area (Å²) in [4.78, 5) is 36.1. The molecule has 234 valence electrons. The van der Waals surface area contributed by atoms with E-state index < -0.39 is 40.5 Å². The summed E-state index contributed by atoms with van der Waals surface area (Å²) in [5.74, 6) is -3.37. The molecular weight excluding hydrogens is 596 g/mol. The zero-order valence-corrected chi connectivity index (χ0v) is 25.2. The predicted octanol–water partition coefficient (Wildman–Crippen LogP) is 4.54. The Kier molecular flexibility index (Phi) is 11.4. The van der Waals surface area contributed by atoms with Crippen LogP contribution >= 0.6 is 0 Å². The molecule has 0 radical (unpaired) electrons. The van der Waals surface area contributed by atoms with E-state index in [-0.39, 0.29) is 22.6 Å². The van der Waals surface area contributed by atoms with Crippen LogP contribution in [0.15, 0.2) is 108 Å². The Hall–Kier alpha value is -5.00. The van der Waals surface area contributed by atoms with Crippen LogP contribution in [0.4, 0.5) is 0 Å². The Morgan fingerprint density at radius 1 is 0.756 bits per heavy atom. The first-order valence-electron chi connectivity index (χ1n) is 14.3. The van der Waals surface area contributed by atoms with Gasteiger partial charge in [-0.1, -0.05) is 78.9 Å². The standard InChI is InChI=1S/C34H34N2O8S/c37-32(38)23-44-31-19-14-25(21-29(31)34(40)41)22-30(33(39)35-20-8-7-11-24-9-3-1-4-10-24)36-45(42,43)28-17-15-27(16-18-28)26-12-5-2-6-13-26/h1-6,9-10,12-19,21,30,36H,7-8,11,20,22-23H2,(H,35,39)(H,37,38)(H,40,41)/t30-/m0/s1. The largest absolute Gasteiger partial charge is 0.481 e. The number of aliphatic carboxylic acids is 1. The van der Waals surface area contributed by atoms with Crippen molar-refractivity contribution in [2.45, 2.75) is 36.6 Å². The summed E-state index contributed by atoms with van der Waals surface area (Å²) in [6, 6.07) is 28.4. The fraction of sp³-hybridized carbons (Fsp3) is 0.206. The number of benzene rings is 4. The van der Waals surface area contributed by atoms with Gasteiger partial charge in [-0.3, -0.25) is 4.79 Å². The molecule has 4 aromatic rings. The molecule has 45 heavy (non-hydrogen) atoms. The first-order chi connectivity index (χ1) is 21.6. The van der Waals surface area contributed by atoms with Crippen molar-refractivity contribution in [3.63, 3.8) is 0 Å². The number of carboxylic acid groups (broad SMARTS) is 2. The first kappa shape index (κ1) is 32.9. The normalized spacial score (nSPS) is 11.8. The maximum Gasteiger partial charge on any atom is 0.341 e. The molecule has 1 amide bonds. The number of ether oxygens (including phenoxy) is 1. The molecule has 0 spiro atoms. The van der Waals surface area contributed by atoms with Gasteiger partial charge in [-0.15, -0.1) is 0 Å². The topological polar surface area (TPSA) is 159 Å². The lowest BCUT2D eigenvalue weighted by Crippen LogP contribution is -2.48. The number of aryl methyl sites for hydroxylation is 1. The molecule has 0 saturated heterocycles. The van der Waals surface area contributed by atoms with Gasteiger partial charge in [0.1, 0.15) is 17.4 Å². The van der Waals surface area contributed by atoms with E-state index in [1.807, 2.05) is 60.7 Å². The van der Waals surface area contributed by atoms with Gasteiger partial charge in [0.2, 0.25) is 15.9 Å². The summed E-state index contributed by atoms with van der Waals surface area (Å²) >= 11 is 0. The van der Waals surface area contributed by atoms with E-state index in [0.29, 0.717) is 18.5 Å². The lowest BCUT2D eigenvalue weighted by Gasteiger charge is -2.20. The predicted molar refractivity (Wildman–Crippen MR) is 169 cm³/mol. The molecule has 0 saturated carbocycles.